The fourth-order valence-electron chi connectivity index (χ4n) is 3.47. The molecule has 0 aliphatic carbocycles. The third kappa shape index (κ3) is 3.81. The van der Waals surface area contributed by atoms with Crippen LogP contribution in [0, 0.1) is 0 Å². The number of rotatable bonds is 4. The Morgan fingerprint density at radius 1 is 1.16 bits per heavy atom. The van der Waals surface area contributed by atoms with Crippen molar-refractivity contribution >= 4 is 46.2 Å². The van der Waals surface area contributed by atoms with Crippen molar-refractivity contribution < 1.29 is 19.2 Å². The fraction of sp³-hybridized carbons (Fsp3) is 0.0952. The average Bonchev–Trinajstić information content (AvgIpc) is 3.36. The molecular weight excluding hydrogens is 418 g/mol. The van der Waals surface area contributed by atoms with E-state index in [0.29, 0.717) is 33.8 Å². The Kier molecular flexibility index (Phi) is 5.32. The van der Waals surface area contributed by atoms with Crippen LogP contribution in [-0.2, 0) is 0 Å². The first kappa shape index (κ1) is 20.4. The van der Waals surface area contributed by atoms with Gasteiger partial charge in [0.05, 0.1) is 17.6 Å². The van der Waals surface area contributed by atoms with Crippen LogP contribution in [0.4, 0.5) is 21.9 Å². The summed E-state index contributed by atoms with van der Waals surface area (Å²) in [7, 11) is 0. The van der Waals surface area contributed by atoms with Crippen LogP contribution in [0.2, 0.25) is 0 Å². The lowest BCUT2D eigenvalue weighted by atomic mass is 9.95. The second-order valence-electron chi connectivity index (χ2n) is 6.84. The zero-order chi connectivity index (χ0) is 22.1. The number of primary amides is 1. The number of nitrogens with zero attached hydrogens (tertiary/aromatic N) is 1. The van der Waals surface area contributed by atoms with Crippen molar-refractivity contribution in [2.75, 3.05) is 15.7 Å². The first-order valence-electron chi connectivity index (χ1n) is 9.33. The van der Waals surface area contributed by atoms with Gasteiger partial charge in [-0.3, -0.25) is 15.3 Å². The summed E-state index contributed by atoms with van der Waals surface area (Å²) in [5.74, 6) is -0.258. The standard InChI is InChI=1S/C21H19N5O4S/c1-11-23-15-9-8-13(17(18(15)26(11)29)20(31)25-21(22)28)12-5-2-3-6-14(12)24-19(27)16-7-4-10-30-16/h2-11,23,29H,1H3,(H,24,27)(H3,22,25,28,31). The number of anilines is 3. The first-order valence-corrected chi connectivity index (χ1v) is 9.74. The molecule has 0 saturated heterocycles. The molecular formula is C21H19N5O4S. The molecule has 2 heterocycles. The lowest BCUT2D eigenvalue weighted by Gasteiger charge is -2.21. The zero-order valence-corrected chi connectivity index (χ0v) is 17.2. The molecule has 1 atom stereocenters. The van der Waals surface area contributed by atoms with Crippen LogP contribution in [0.1, 0.15) is 23.0 Å². The molecule has 0 radical (unpaired) electrons. The molecule has 3 amide bonds. The Morgan fingerprint density at radius 2 is 1.94 bits per heavy atom. The van der Waals surface area contributed by atoms with Crippen LogP contribution in [0.15, 0.2) is 59.2 Å². The van der Waals surface area contributed by atoms with E-state index in [4.69, 9.17) is 22.4 Å². The number of nitrogens with one attached hydrogen (secondary N) is 3. The molecule has 0 bridgehead atoms. The third-order valence-corrected chi connectivity index (χ3v) is 5.12. The molecule has 1 aromatic heterocycles. The second-order valence-corrected chi connectivity index (χ2v) is 7.25. The molecule has 3 aromatic rings. The number of hydrogen-bond donors (Lipinski definition) is 5. The number of nitrogens with two attached hydrogens (primary N) is 1. The van der Waals surface area contributed by atoms with E-state index in [1.165, 1.54) is 6.26 Å². The summed E-state index contributed by atoms with van der Waals surface area (Å²) < 4.78 is 5.16. The molecule has 4 rings (SSSR count). The predicted molar refractivity (Wildman–Crippen MR) is 120 cm³/mol. The van der Waals surface area contributed by atoms with Crippen LogP contribution in [0.5, 0.6) is 0 Å². The molecule has 0 fully saturated rings. The highest BCUT2D eigenvalue weighted by atomic mass is 32.1. The smallest absolute Gasteiger partial charge is 0.317 e. The van der Waals surface area contributed by atoms with Crippen molar-refractivity contribution in [2.24, 2.45) is 5.73 Å². The number of hydrogen-bond acceptors (Lipinski definition) is 7. The molecule has 6 N–H and O–H groups in total. The van der Waals surface area contributed by atoms with Crippen LogP contribution in [-0.4, -0.2) is 28.3 Å². The lowest BCUT2D eigenvalue weighted by molar-refractivity contribution is 0.0996. The van der Waals surface area contributed by atoms with Gasteiger partial charge in [0.15, 0.2) is 5.76 Å². The van der Waals surface area contributed by atoms with E-state index in [0.717, 1.165) is 5.06 Å². The topological polar surface area (TPSA) is 133 Å². The molecule has 1 aliphatic heterocycles. The quantitative estimate of drug-likeness (QED) is 0.395. The summed E-state index contributed by atoms with van der Waals surface area (Å²) in [4.78, 5) is 24.1. The van der Waals surface area contributed by atoms with E-state index in [2.05, 4.69) is 16.0 Å². The maximum atomic E-state index is 12.5. The fourth-order valence-corrected chi connectivity index (χ4v) is 3.78. The Hall–Kier alpha value is -3.89. The van der Waals surface area contributed by atoms with Gasteiger partial charge in [-0.25, -0.2) is 9.86 Å². The number of thiocarbonyl (C=S) groups is 1. The number of benzene rings is 2. The van der Waals surface area contributed by atoms with Gasteiger partial charge in [-0.2, -0.15) is 0 Å². The summed E-state index contributed by atoms with van der Waals surface area (Å²) in [6.07, 6.45) is 1.01. The Morgan fingerprint density at radius 3 is 2.65 bits per heavy atom. The summed E-state index contributed by atoms with van der Waals surface area (Å²) in [5.41, 5.74) is 8.42. The van der Waals surface area contributed by atoms with Crippen molar-refractivity contribution in [1.82, 2.24) is 5.32 Å². The highest BCUT2D eigenvalue weighted by molar-refractivity contribution is 7.80. The number of para-hydroxylation sites is 1. The summed E-state index contributed by atoms with van der Waals surface area (Å²) in [6.45, 7) is 1.77. The maximum Gasteiger partial charge on any atom is 0.317 e. The SMILES string of the molecule is CC1Nc2ccc(-c3ccccc3NC(=O)c3ccco3)c(C(=S)NC(N)=O)c2N1O. The second kappa shape index (κ2) is 8.09. The van der Waals surface area contributed by atoms with E-state index < -0.39 is 18.1 Å². The monoisotopic (exact) mass is 437 g/mol. The molecule has 1 aliphatic rings. The third-order valence-electron chi connectivity index (χ3n) is 4.81. The Bertz CT molecular complexity index is 1180. The van der Waals surface area contributed by atoms with Gasteiger partial charge in [0.1, 0.15) is 11.2 Å². The number of hydroxylamine groups is 1. The molecule has 158 valence electrons. The lowest BCUT2D eigenvalue weighted by Crippen LogP contribution is -2.36. The van der Waals surface area contributed by atoms with Crippen molar-refractivity contribution in [1.29, 1.82) is 0 Å². The first-order chi connectivity index (χ1) is 14.9. The molecule has 1 unspecified atom stereocenters. The number of furan rings is 1. The van der Waals surface area contributed by atoms with Gasteiger partial charge in [-0.05, 0) is 36.8 Å². The van der Waals surface area contributed by atoms with Crippen LogP contribution in [0.25, 0.3) is 11.1 Å². The van der Waals surface area contributed by atoms with Crippen molar-refractivity contribution in [2.45, 2.75) is 13.1 Å². The minimum absolute atomic E-state index is 0.0430. The van der Waals surface area contributed by atoms with Crippen LogP contribution >= 0.6 is 12.2 Å². The summed E-state index contributed by atoms with van der Waals surface area (Å²) in [5, 5.41) is 20.0. The van der Waals surface area contributed by atoms with Crippen molar-refractivity contribution in [3.05, 3.63) is 66.1 Å². The number of urea groups is 1. The van der Waals surface area contributed by atoms with Gasteiger partial charge < -0.3 is 20.8 Å². The molecule has 9 nitrogen and oxygen atoms in total. The number of carbonyl (C=O) groups excluding carboxylic acids is 2. The summed E-state index contributed by atoms with van der Waals surface area (Å²) in [6, 6.07) is 13.0. The van der Waals surface area contributed by atoms with Gasteiger partial charge in [0, 0.05) is 16.8 Å². The average molecular weight is 437 g/mol. The highest BCUT2D eigenvalue weighted by Gasteiger charge is 2.31. The normalized spacial score (nSPS) is 14.5. The minimum atomic E-state index is -0.823. The highest BCUT2D eigenvalue weighted by Crippen LogP contribution is 2.43. The van der Waals surface area contributed by atoms with Crippen LogP contribution < -0.4 is 26.7 Å². The van der Waals surface area contributed by atoms with E-state index in [9.17, 15) is 14.8 Å². The largest absolute Gasteiger partial charge is 0.459 e. The predicted octanol–water partition coefficient (Wildman–Crippen LogP) is 3.51. The number of amides is 3. The van der Waals surface area contributed by atoms with E-state index in [1.807, 2.05) is 0 Å². The maximum absolute atomic E-state index is 12.5. The Labute approximate surface area is 182 Å². The molecule has 10 heteroatoms. The van der Waals surface area contributed by atoms with Gasteiger partial charge in [-0.1, -0.05) is 36.5 Å². The van der Waals surface area contributed by atoms with Gasteiger partial charge in [0.2, 0.25) is 0 Å². The van der Waals surface area contributed by atoms with Crippen molar-refractivity contribution in [3.63, 3.8) is 0 Å². The molecule has 2 aromatic carbocycles. The van der Waals surface area contributed by atoms with E-state index >= 15 is 0 Å². The van der Waals surface area contributed by atoms with E-state index in [1.54, 1.807) is 55.5 Å². The molecule has 31 heavy (non-hydrogen) atoms. The summed E-state index contributed by atoms with van der Waals surface area (Å²) >= 11 is 5.43. The van der Waals surface area contributed by atoms with Crippen LogP contribution in [0.3, 0.4) is 0 Å². The number of fused-ring (bicyclic) bond motifs is 1. The van der Waals surface area contributed by atoms with Gasteiger partial charge in [-0.15, -0.1) is 0 Å². The molecule has 0 saturated carbocycles. The van der Waals surface area contributed by atoms with Crippen molar-refractivity contribution in [3.8, 4) is 11.1 Å². The van der Waals surface area contributed by atoms with Gasteiger partial charge in [0.25, 0.3) is 5.91 Å². The minimum Gasteiger partial charge on any atom is -0.459 e. The number of carbonyl (C=O) groups is 2. The van der Waals surface area contributed by atoms with E-state index in [-0.39, 0.29) is 10.7 Å². The molecule has 0 spiro atoms. The zero-order valence-electron chi connectivity index (χ0n) is 16.4. The Balaban J connectivity index is 1.85. The van der Waals surface area contributed by atoms with Gasteiger partial charge >= 0.3 is 6.03 Å².